The van der Waals surface area contributed by atoms with Gasteiger partial charge in [0.25, 0.3) is 5.89 Å². The summed E-state index contributed by atoms with van der Waals surface area (Å²) >= 11 is 1.04. The first-order valence-corrected chi connectivity index (χ1v) is 8.17. The second-order valence-corrected chi connectivity index (χ2v) is 6.32. The van der Waals surface area contributed by atoms with Crippen LogP contribution >= 0.6 is 11.3 Å². The molecule has 0 atom stereocenters. The first kappa shape index (κ1) is 18.1. The second kappa shape index (κ2) is 6.87. The highest BCUT2D eigenvalue weighted by molar-refractivity contribution is 7.17. The van der Waals surface area contributed by atoms with Crippen molar-refractivity contribution in [2.45, 2.75) is 26.6 Å². The lowest BCUT2D eigenvalue weighted by Gasteiger charge is -2.06. The highest BCUT2D eigenvalue weighted by Crippen LogP contribution is 2.33. The van der Waals surface area contributed by atoms with Gasteiger partial charge in [-0.3, -0.25) is 0 Å². The molecule has 0 saturated carbocycles. The van der Waals surface area contributed by atoms with Gasteiger partial charge in [-0.15, -0.1) is 11.3 Å². The summed E-state index contributed by atoms with van der Waals surface area (Å²) in [4.78, 5) is 20.6. The molecule has 3 aromatic rings. The average Bonchev–Trinajstić information content (AvgIpc) is 3.18. The van der Waals surface area contributed by atoms with Crippen molar-refractivity contribution in [3.63, 3.8) is 0 Å². The second-order valence-electron chi connectivity index (χ2n) is 5.32. The van der Waals surface area contributed by atoms with E-state index in [1.165, 1.54) is 12.1 Å². The Balaban J connectivity index is 1.75. The Morgan fingerprint density at radius 3 is 2.46 bits per heavy atom. The fourth-order valence-corrected chi connectivity index (χ4v) is 3.07. The minimum atomic E-state index is -4.40. The van der Waals surface area contributed by atoms with Crippen molar-refractivity contribution in [1.29, 1.82) is 0 Å². The number of halogens is 3. The van der Waals surface area contributed by atoms with E-state index in [2.05, 4.69) is 15.1 Å². The van der Waals surface area contributed by atoms with E-state index in [0.29, 0.717) is 22.1 Å². The number of esters is 1. The molecule has 1 aromatic carbocycles. The molecule has 6 nitrogen and oxygen atoms in total. The minimum Gasteiger partial charge on any atom is -0.451 e. The number of rotatable bonds is 4. The number of hydrogen-bond acceptors (Lipinski definition) is 7. The minimum absolute atomic E-state index is 0.168. The molecule has 3 rings (SSSR count). The van der Waals surface area contributed by atoms with Crippen LogP contribution in [0.15, 0.2) is 28.8 Å². The highest BCUT2D eigenvalue weighted by atomic mass is 32.1. The summed E-state index contributed by atoms with van der Waals surface area (Å²) in [5.74, 6) is -0.0235. The molecule has 0 aliphatic carbocycles. The SMILES string of the molecule is Cc1noc(COC(=O)c2sc(-c3ccc(C(F)(F)F)cc3)nc2C)n1. The normalized spacial score (nSPS) is 11.6. The molecule has 0 amide bonds. The lowest BCUT2D eigenvalue weighted by Crippen LogP contribution is -2.05. The van der Waals surface area contributed by atoms with Crippen molar-refractivity contribution < 1.29 is 27.2 Å². The van der Waals surface area contributed by atoms with Crippen molar-refractivity contribution >= 4 is 17.3 Å². The quantitative estimate of drug-likeness (QED) is 0.629. The van der Waals surface area contributed by atoms with Gasteiger partial charge in [0.1, 0.15) is 9.88 Å². The van der Waals surface area contributed by atoms with Crippen LogP contribution in [0.4, 0.5) is 13.2 Å². The van der Waals surface area contributed by atoms with E-state index in [1.54, 1.807) is 13.8 Å². The predicted molar refractivity (Wildman–Crippen MR) is 85.4 cm³/mol. The lowest BCUT2D eigenvalue weighted by molar-refractivity contribution is -0.137. The van der Waals surface area contributed by atoms with E-state index in [9.17, 15) is 18.0 Å². The number of carbonyl (C=O) groups excluding carboxylic acids is 1. The molecule has 0 spiro atoms. The van der Waals surface area contributed by atoms with Gasteiger partial charge in [0.2, 0.25) is 0 Å². The standard InChI is InChI=1S/C16H12F3N3O3S/c1-8-13(15(23)24-7-12-21-9(2)22-25-12)26-14(20-8)10-3-5-11(6-4-10)16(17,18)19/h3-6H,7H2,1-2H3. The van der Waals surface area contributed by atoms with Crippen molar-refractivity contribution in [3.05, 3.63) is 52.1 Å². The summed E-state index contributed by atoms with van der Waals surface area (Å²) in [5, 5.41) is 4.01. The highest BCUT2D eigenvalue weighted by Gasteiger charge is 2.30. The molecule has 0 fully saturated rings. The van der Waals surface area contributed by atoms with Gasteiger partial charge < -0.3 is 9.26 Å². The molecule has 0 N–H and O–H groups in total. The van der Waals surface area contributed by atoms with E-state index in [-0.39, 0.29) is 17.4 Å². The topological polar surface area (TPSA) is 78.1 Å². The summed E-state index contributed by atoms with van der Waals surface area (Å²) < 4.78 is 47.9. The zero-order valence-electron chi connectivity index (χ0n) is 13.6. The van der Waals surface area contributed by atoms with Gasteiger partial charge in [-0.25, -0.2) is 9.78 Å². The van der Waals surface area contributed by atoms with Crippen LogP contribution in [0.25, 0.3) is 10.6 Å². The first-order chi connectivity index (χ1) is 12.2. The number of hydrogen-bond donors (Lipinski definition) is 0. The number of nitrogens with zero attached hydrogens (tertiary/aromatic N) is 3. The van der Waals surface area contributed by atoms with Gasteiger partial charge >= 0.3 is 12.1 Å². The van der Waals surface area contributed by atoms with E-state index in [1.807, 2.05) is 0 Å². The van der Waals surface area contributed by atoms with Crippen LogP contribution in [0, 0.1) is 13.8 Å². The summed E-state index contributed by atoms with van der Waals surface area (Å²) in [6, 6.07) is 4.58. The molecule has 0 radical (unpaired) electrons. The summed E-state index contributed by atoms with van der Waals surface area (Å²) in [6.45, 7) is 3.09. The number of aromatic nitrogens is 3. The molecular weight excluding hydrogens is 371 g/mol. The third-order valence-corrected chi connectivity index (χ3v) is 4.52. The Morgan fingerprint density at radius 1 is 1.19 bits per heavy atom. The fraction of sp³-hybridized carbons (Fsp3) is 0.250. The van der Waals surface area contributed by atoms with Gasteiger partial charge in [-0.05, 0) is 26.0 Å². The molecule has 2 heterocycles. The maximum atomic E-state index is 12.6. The molecule has 10 heteroatoms. The summed E-state index contributed by atoms with van der Waals surface area (Å²) in [5.41, 5.74) is 0.165. The number of aryl methyl sites for hydroxylation is 2. The van der Waals surface area contributed by atoms with Crippen LogP contribution in [0.1, 0.15) is 32.6 Å². The summed E-state index contributed by atoms with van der Waals surface area (Å²) in [7, 11) is 0. The predicted octanol–water partition coefficient (Wildman–Crippen LogP) is 4.19. The zero-order chi connectivity index (χ0) is 18.9. The van der Waals surface area contributed by atoms with E-state index in [0.717, 1.165) is 23.5 Å². The molecule has 0 bridgehead atoms. The van der Waals surface area contributed by atoms with Gasteiger partial charge in [0, 0.05) is 5.56 Å². The molecule has 136 valence electrons. The number of thiazole rings is 1. The van der Waals surface area contributed by atoms with Gasteiger partial charge in [0.05, 0.1) is 11.3 Å². The summed E-state index contributed by atoms with van der Waals surface area (Å²) in [6.07, 6.45) is -4.40. The molecule has 0 saturated heterocycles. The maximum Gasteiger partial charge on any atom is 0.416 e. The van der Waals surface area contributed by atoms with Crippen LogP contribution in [-0.4, -0.2) is 21.1 Å². The molecule has 0 aliphatic rings. The molecule has 26 heavy (non-hydrogen) atoms. The molecule has 2 aromatic heterocycles. The van der Waals surface area contributed by atoms with E-state index in [4.69, 9.17) is 9.26 Å². The molecule has 0 aliphatic heterocycles. The molecule has 0 unspecified atom stereocenters. The Hall–Kier alpha value is -2.75. The van der Waals surface area contributed by atoms with Crippen molar-refractivity contribution in [2.24, 2.45) is 0 Å². The maximum absolute atomic E-state index is 12.6. The van der Waals surface area contributed by atoms with Gasteiger partial charge in [0.15, 0.2) is 12.4 Å². The van der Waals surface area contributed by atoms with Crippen LogP contribution in [0.3, 0.4) is 0 Å². The van der Waals surface area contributed by atoms with Crippen LogP contribution < -0.4 is 0 Å². The number of benzene rings is 1. The Morgan fingerprint density at radius 2 is 1.88 bits per heavy atom. The van der Waals surface area contributed by atoms with E-state index >= 15 is 0 Å². The largest absolute Gasteiger partial charge is 0.451 e. The van der Waals surface area contributed by atoms with Crippen LogP contribution in [0.2, 0.25) is 0 Å². The van der Waals surface area contributed by atoms with Crippen LogP contribution in [0.5, 0.6) is 0 Å². The van der Waals surface area contributed by atoms with E-state index < -0.39 is 17.7 Å². The third kappa shape index (κ3) is 3.90. The Bertz CT molecular complexity index is 932. The lowest BCUT2D eigenvalue weighted by atomic mass is 10.1. The Labute approximate surface area is 149 Å². The van der Waals surface area contributed by atoms with Crippen molar-refractivity contribution in [2.75, 3.05) is 0 Å². The monoisotopic (exact) mass is 383 g/mol. The molecular formula is C16H12F3N3O3S. The van der Waals surface area contributed by atoms with Gasteiger partial charge in [-0.2, -0.15) is 18.2 Å². The number of carbonyl (C=O) groups is 1. The number of ether oxygens (including phenoxy) is 1. The number of alkyl halides is 3. The van der Waals surface area contributed by atoms with Crippen molar-refractivity contribution in [3.8, 4) is 10.6 Å². The average molecular weight is 383 g/mol. The zero-order valence-corrected chi connectivity index (χ0v) is 14.4. The first-order valence-electron chi connectivity index (χ1n) is 7.35. The third-order valence-electron chi connectivity index (χ3n) is 3.34. The van der Waals surface area contributed by atoms with Crippen LogP contribution in [-0.2, 0) is 17.5 Å². The fourth-order valence-electron chi connectivity index (χ4n) is 2.10. The van der Waals surface area contributed by atoms with Gasteiger partial charge in [-0.1, -0.05) is 17.3 Å². The van der Waals surface area contributed by atoms with Crippen molar-refractivity contribution in [1.82, 2.24) is 15.1 Å². The smallest absolute Gasteiger partial charge is 0.416 e. The Kier molecular flexibility index (Phi) is 4.77.